The fourth-order valence-electron chi connectivity index (χ4n) is 3.55. The summed E-state index contributed by atoms with van der Waals surface area (Å²) < 4.78 is 5.75. The molecule has 2 aliphatic rings. The molecule has 0 bridgehead atoms. The van der Waals surface area contributed by atoms with E-state index in [1.807, 2.05) is 30.9 Å². The van der Waals surface area contributed by atoms with Gasteiger partial charge in [0.25, 0.3) is 5.91 Å². The zero-order valence-corrected chi connectivity index (χ0v) is 13.7. The van der Waals surface area contributed by atoms with E-state index in [2.05, 4.69) is 11.4 Å². The number of aryl methyl sites for hydroxylation is 2. The van der Waals surface area contributed by atoms with E-state index in [1.165, 1.54) is 6.42 Å². The number of likely N-dealkylation sites (tertiary alicyclic amines) is 1. The van der Waals surface area contributed by atoms with Gasteiger partial charge in [-0.15, -0.1) is 0 Å². The molecule has 1 aromatic rings. The minimum Gasteiger partial charge on any atom is -0.483 e. The second-order valence-corrected chi connectivity index (χ2v) is 6.87. The van der Waals surface area contributed by atoms with Gasteiger partial charge in [0.2, 0.25) is 0 Å². The Morgan fingerprint density at radius 3 is 2.73 bits per heavy atom. The number of nitrogens with zero attached hydrogens (tertiary/aromatic N) is 1. The number of rotatable bonds is 3. The third kappa shape index (κ3) is 3.27. The molecule has 2 heterocycles. The third-order valence-electron chi connectivity index (χ3n) is 5.20. The molecule has 1 amide bonds. The summed E-state index contributed by atoms with van der Waals surface area (Å²) in [6.07, 6.45) is 3.50. The van der Waals surface area contributed by atoms with E-state index in [0.717, 1.165) is 55.9 Å². The highest BCUT2D eigenvalue weighted by atomic mass is 16.5. The molecule has 0 atom stereocenters. The predicted molar refractivity (Wildman–Crippen MR) is 87.1 cm³/mol. The lowest BCUT2D eigenvalue weighted by atomic mass is 9.78. The zero-order chi connectivity index (χ0) is 15.6. The van der Waals surface area contributed by atoms with E-state index >= 15 is 0 Å². The monoisotopic (exact) mass is 302 g/mol. The van der Waals surface area contributed by atoms with Gasteiger partial charge in [0.15, 0.2) is 6.61 Å². The van der Waals surface area contributed by atoms with Crippen molar-refractivity contribution in [2.75, 3.05) is 32.8 Å². The van der Waals surface area contributed by atoms with Crippen LogP contribution in [0.25, 0.3) is 0 Å². The fourth-order valence-corrected chi connectivity index (χ4v) is 3.55. The Hall–Kier alpha value is -1.55. The molecule has 1 aromatic carbocycles. The normalized spacial score (nSPS) is 20.4. The number of carbonyl (C=O) groups excluding carboxylic acids is 1. The molecule has 0 unspecified atom stereocenters. The van der Waals surface area contributed by atoms with Gasteiger partial charge < -0.3 is 15.0 Å². The Kier molecular flexibility index (Phi) is 4.39. The molecule has 0 aromatic heterocycles. The van der Waals surface area contributed by atoms with Crippen LogP contribution in [0.2, 0.25) is 0 Å². The molecule has 4 nitrogen and oxygen atoms in total. The smallest absolute Gasteiger partial charge is 0.260 e. The van der Waals surface area contributed by atoms with Crippen LogP contribution in [-0.4, -0.2) is 43.6 Å². The Morgan fingerprint density at radius 1 is 1.27 bits per heavy atom. The highest BCUT2D eigenvalue weighted by molar-refractivity contribution is 5.78. The van der Waals surface area contributed by atoms with Crippen LogP contribution in [0.4, 0.5) is 0 Å². The standard InChI is InChI=1S/C18H26N2O2/c1-14-3-4-15(2)16(11-14)22-12-17(21)20-9-6-18(7-10-20)5-8-19-13-18/h3-4,11,19H,5-10,12-13H2,1-2H3. The molecule has 0 aliphatic carbocycles. The maximum absolute atomic E-state index is 12.4. The fraction of sp³-hybridized carbons (Fsp3) is 0.611. The van der Waals surface area contributed by atoms with E-state index in [4.69, 9.17) is 4.74 Å². The highest BCUT2D eigenvalue weighted by Crippen LogP contribution is 2.36. The largest absolute Gasteiger partial charge is 0.483 e. The van der Waals surface area contributed by atoms with Gasteiger partial charge in [0, 0.05) is 19.6 Å². The summed E-state index contributed by atoms with van der Waals surface area (Å²) in [5.41, 5.74) is 2.68. The quantitative estimate of drug-likeness (QED) is 0.931. The van der Waals surface area contributed by atoms with Crippen molar-refractivity contribution in [3.8, 4) is 5.75 Å². The molecule has 4 heteroatoms. The Balaban J connectivity index is 1.51. The van der Waals surface area contributed by atoms with Crippen LogP contribution in [0, 0.1) is 19.3 Å². The van der Waals surface area contributed by atoms with Crippen molar-refractivity contribution in [2.45, 2.75) is 33.1 Å². The molecule has 120 valence electrons. The van der Waals surface area contributed by atoms with Gasteiger partial charge in [-0.2, -0.15) is 0 Å². The van der Waals surface area contributed by atoms with E-state index in [9.17, 15) is 4.79 Å². The van der Waals surface area contributed by atoms with E-state index in [-0.39, 0.29) is 12.5 Å². The van der Waals surface area contributed by atoms with Crippen LogP contribution < -0.4 is 10.1 Å². The number of nitrogens with one attached hydrogen (secondary N) is 1. The molecule has 2 saturated heterocycles. The summed E-state index contributed by atoms with van der Waals surface area (Å²) in [7, 11) is 0. The lowest BCUT2D eigenvalue weighted by Crippen LogP contribution is -2.45. The van der Waals surface area contributed by atoms with Crippen LogP contribution in [0.15, 0.2) is 18.2 Å². The average Bonchev–Trinajstić information content (AvgIpc) is 2.97. The summed E-state index contributed by atoms with van der Waals surface area (Å²) in [6, 6.07) is 6.09. The third-order valence-corrected chi connectivity index (χ3v) is 5.20. The van der Waals surface area contributed by atoms with E-state index in [1.54, 1.807) is 0 Å². The second kappa shape index (κ2) is 6.29. The first-order valence-electron chi connectivity index (χ1n) is 8.27. The van der Waals surface area contributed by atoms with Gasteiger partial charge in [-0.1, -0.05) is 12.1 Å². The number of carbonyl (C=O) groups is 1. The number of hydrogen-bond acceptors (Lipinski definition) is 3. The Labute approximate surface area is 132 Å². The topological polar surface area (TPSA) is 41.6 Å². The Morgan fingerprint density at radius 2 is 2.05 bits per heavy atom. The molecule has 3 rings (SSSR count). The summed E-state index contributed by atoms with van der Waals surface area (Å²) in [5, 5.41) is 3.46. The molecular formula is C18H26N2O2. The number of benzene rings is 1. The van der Waals surface area contributed by atoms with Crippen LogP contribution in [-0.2, 0) is 4.79 Å². The van der Waals surface area contributed by atoms with Crippen molar-refractivity contribution in [3.63, 3.8) is 0 Å². The minimum absolute atomic E-state index is 0.113. The number of hydrogen-bond donors (Lipinski definition) is 1. The van der Waals surface area contributed by atoms with Gasteiger partial charge in [0.05, 0.1) is 0 Å². The second-order valence-electron chi connectivity index (χ2n) is 6.87. The van der Waals surface area contributed by atoms with Crippen molar-refractivity contribution < 1.29 is 9.53 Å². The number of piperidine rings is 1. The predicted octanol–water partition coefficient (Wildman–Crippen LogP) is 2.28. The molecule has 1 spiro atoms. The molecule has 0 saturated carbocycles. The van der Waals surface area contributed by atoms with Crippen molar-refractivity contribution >= 4 is 5.91 Å². The van der Waals surface area contributed by atoms with E-state index in [0.29, 0.717) is 5.41 Å². The SMILES string of the molecule is Cc1ccc(C)c(OCC(=O)N2CCC3(CCNC3)CC2)c1. The van der Waals surface area contributed by atoms with Crippen molar-refractivity contribution in [1.29, 1.82) is 0 Å². The van der Waals surface area contributed by atoms with Gasteiger partial charge in [-0.3, -0.25) is 4.79 Å². The Bertz CT molecular complexity index is 540. The van der Waals surface area contributed by atoms with Gasteiger partial charge in [-0.05, 0) is 62.3 Å². The molecule has 22 heavy (non-hydrogen) atoms. The molecule has 2 aliphatic heterocycles. The summed E-state index contributed by atoms with van der Waals surface area (Å²) in [6.45, 7) is 8.19. The van der Waals surface area contributed by atoms with Crippen molar-refractivity contribution in [1.82, 2.24) is 10.2 Å². The molecule has 1 N–H and O–H groups in total. The lowest BCUT2D eigenvalue weighted by molar-refractivity contribution is -0.135. The minimum atomic E-state index is 0.113. The molecule has 0 radical (unpaired) electrons. The average molecular weight is 302 g/mol. The summed E-state index contributed by atoms with van der Waals surface area (Å²) in [4.78, 5) is 14.3. The lowest BCUT2D eigenvalue weighted by Gasteiger charge is -2.38. The zero-order valence-electron chi connectivity index (χ0n) is 13.7. The maximum atomic E-state index is 12.4. The first-order chi connectivity index (χ1) is 10.6. The van der Waals surface area contributed by atoms with Crippen LogP contribution >= 0.6 is 0 Å². The number of ether oxygens (including phenoxy) is 1. The summed E-state index contributed by atoms with van der Waals surface area (Å²) in [5.74, 6) is 0.934. The highest BCUT2D eigenvalue weighted by Gasteiger charge is 2.37. The molecular weight excluding hydrogens is 276 g/mol. The van der Waals surface area contributed by atoms with Crippen LogP contribution in [0.1, 0.15) is 30.4 Å². The maximum Gasteiger partial charge on any atom is 0.260 e. The first kappa shape index (κ1) is 15.3. The molecule has 2 fully saturated rings. The first-order valence-corrected chi connectivity index (χ1v) is 8.27. The van der Waals surface area contributed by atoms with Crippen molar-refractivity contribution in [2.24, 2.45) is 5.41 Å². The van der Waals surface area contributed by atoms with Crippen molar-refractivity contribution in [3.05, 3.63) is 29.3 Å². The van der Waals surface area contributed by atoms with Gasteiger partial charge >= 0.3 is 0 Å². The number of amides is 1. The van der Waals surface area contributed by atoms with E-state index < -0.39 is 0 Å². The van der Waals surface area contributed by atoms with Gasteiger partial charge in [-0.25, -0.2) is 0 Å². The van der Waals surface area contributed by atoms with Gasteiger partial charge in [0.1, 0.15) is 5.75 Å². The summed E-state index contributed by atoms with van der Waals surface area (Å²) >= 11 is 0. The van der Waals surface area contributed by atoms with Crippen LogP contribution in [0.5, 0.6) is 5.75 Å². The van der Waals surface area contributed by atoms with Crippen LogP contribution in [0.3, 0.4) is 0 Å².